The zero-order chi connectivity index (χ0) is 13.4. The number of nitrogens with one attached hydrogen (secondary N) is 1. The minimum absolute atomic E-state index is 0.705. The molecule has 1 fully saturated rings. The van der Waals surface area contributed by atoms with E-state index in [2.05, 4.69) is 26.1 Å². The SMILES string of the molecule is CCCNC(C(C)CCOC)C1CCC(CC)C1. The molecule has 1 rings (SSSR count). The van der Waals surface area contributed by atoms with Gasteiger partial charge in [-0.1, -0.05) is 33.6 Å². The fourth-order valence-corrected chi connectivity index (χ4v) is 3.44. The van der Waals surface area contributed by atoms with Crippen LogP contribution in [0.1, 0.15) is 59.3 Å². The zero-order valence-electron chi connectivity index (χ0n) is 12.9. The largest absolute Gasteiger partial charge is 0.385 e. The number of methoxy groups -OCH3 is 1. The molecular weight excluding hydrogens is 222 g/mol. The van der Waals surface area contributed by atoms with Crippen molar-refractivity contribution in [3.8, 4) is 0 Å². The molecule has 0 bridgehead atoms. The molecule has 0 spiro atoms. The normalized spacial score (nSPS) is 27.3. The first-order valence-electron chi connectivity index (χ1n) is 7.95. The lowest BCUT2D eigenvalue weighted by atomic mass is 9.85. The highest BCUT2D eigenvalue weighted by Crippen LogP contribution is 2.37. The van der Waals surface area contributed by atoms with Crippen LogP contribution in [0.2, 0.25) is 0 Å². The Balaban J connectivity index is 2.48. The third kappa shape index (κ3) is 4.89. The van der Waals surface area contributed by atoms with Crippen molar-refractivity contribution in [2.24, 2.45) is 17.8 Å². The third-order valence-electron chi connectivity index (χ3n) is 4.69. The van der Waals surface area contributed by atoms with Gasteiger partial charge in [-0.2, -0.15) is 0 Å². The summed E-state index contributed by atoms with van der Waals surface area (Å²) < 4.78 is 5.24. The van der Waals surface area contributed by atoms with Gasteiger partial charge in [-0.05, 0) is 50.0 Å². The van der Waals surface area contributed by atoms with Crippen LogP contribution in [-0.2, 0) is 4.74 Å². The molecule has 1 aliphatic rings. The van der Waals surface area contributed by atoms with Gasteiger partial charge in [0.1, 0.15) is 0 Å². The van der Waals surface area contributed by atoms with E-state index in [1.165, 1.54) is 38.5 Å². The molecule has 1 N–H and O–H groups in total. The molecule has 2 nitrogen and oxygen atoms in total. The number of rotatable bonds is 9. The summed E-state index contributed by atoms with van der Waals surface area (Å²) in [5.74, 6) is 2.61. The van der Waals surface area contributed by atoms with E-state index in [1.807, 2.05) is 7.11 Å². The summed E-state index contributed by atoms with van der Waals surface area (Å²) in [6.07, 6.45) is 8.10. The van der Waals surface area contributed by atoms with Gasteiger partial charge >= 0.3 is 0 Å². The lowest BCUT2D eigenvalue weighted by molar-refractivity contribution is 0.157. The molecule has 0 radical (unpaired) electrons. The quantitative estimate of drug-likeness (QED) is 0.675. The molecule has 2 heteroatoms. The smallest absolute Gasteiger partial charge is 0.0465 e. The molecule has 0 aromatic heterocycles. The van der Waals surface area contributed by atoms with Crippen LogP contribution in [0.15, 0.2) is 0 Å². The predicted molar refractivity (Wildman–Crippen MR) is 78.9 cm³/mol. The molecular formula is C16H33NO. The van der Waals surface area contributed by atoms with Gasteiger partial charge in [0, 0.05) is 19.8 Å². The van der Waals surface area contributed by atoms with Crippen molar-refractivity contribution in [1.82, 2.24) is 5.32 Å². The van der Waals surface area contributed by atoms with Crippen LogP contribution in [0, 0.1) is 17.8 Å². The first-order chi connectivity index (χ1) is 8.72. The van der Waals surface area contributed by atoms with Crippen molar-refractivity contribution in [2.45, 2.75) is 65.3 Å². The number of ether oxygens (including phenoxy) is 1. The second-order valence-corrected chi connectivity index (χ2v) is 6.09. The Morgan fingerprint density at radius 3 is 2.61 bits per heavy atom. The van der Waals surface area contributed by atoms with Crippen LogP contribution in [0.5, 0.6) is 0 Å². The van der Waals surface area contributed by atoms with Crippen molar-refractivity contribution in [2.75, 3.05) is 20.3 Å². The second-order valence-electron chi connectivity index (χ2n) is 6.09. The Morgan fingerprint density at radius 1 is 1.28 bits per heavy atom. The van der Waals surface area contributed by atoms with Crippen molar-refractivity contribution in [1.29, 1.82) is 0 Å². The fraction of sp³-hybridized carbons (Fsp3) is 1.00. The lowest BCUT2D eigenvalue weighted by Gasteiger charge is -2.31. The van der Waals surface area contributed by atoms with Gasteiger partial charge in [0.25, 0.3) is 0 Å². The summed E-state index contributed by atoms with van der Waals surface area (Å²) in [6, 6.07) is 0.705. The minimum atomic E-state index is 0.705. The van der Waals surface area contributed by atoms with Crippen molar-refractivity contribution < 1.29 is 4.74 Å². The average molecular weight is 255 g/mol. The highest BCUT2D eigenvalue weighted by atomic mass is 16.5. The van der Waals surface area contributed by atoms with E-state index in [9.17, 15) is 0 Å². The summed E-state index contributed by atoms with van der Waals surface area (Å²) in [5.41, 5.74) is 0. The van der Waals surface area contributed by atoms with E-state index in [4.69, 9.17) is 4.74 Å². The summed E-state index contributed by atoms with van der Waals surface area (Å²) in [4.78, 5) is 0. The monoisotopic (exact) mass is 255 g/mol. The van der Waals surface area contributed by atoms with Crippen molar-refractivity contribution in [3.63, 3.8) is 0 Å². The second kappa shape index (κ2) is 8.92. The van der Waals surface area contributed by atoms with E-state index in [0.29, 0.717) is 6.04 Å². The topological polar surface area (TPSA) is 21.3 Å². The van der Waals surface area contributed by atoms with Crippen LogP contribution < -0.4 is 5.32 Å². The molecule has 18 heavy (non-hydrogen) atoms. The molecule has 0 aromatic carbocycles. The summed E-state index contributed by atoms with van der Waals surface area (Å²) in [5, 5.41) is 3.81. The van der Waals surface area contributed by atoms with Crippen LogP contribution in [0.3, 0.4) is 0 Å². The fourth-order valence-electron chi connectivity index (χ4n) is 3.44. The van der Waals surface area contributed by atoms with Gasteiger partial charge in [-0.25, -0.2) is 0 Å². The zero-order valence-corrected chi connectivity index (χ0v) is 12.9. The van der Waals surface area contributed by atoms with Gasteiger partial charge in [0.2, 0.25) is 0 Å². The maximum Gasteiger partial charge on any atom is 0.0465 e. The van der Waals surface area contributed by atoms with E-state index in [-0.39, 0.29) is 0 Å². The number of hydrogen-bond donors (Lipinski definition) is 1. The van der Waals surface area contributed by atoms with E-state index in [0.717, 1.165) is 30.9 Å². The van der Waals surface area contributed by atoms with Crippen LogP contribution in [0.25, 0.3) is 0 Å². The lowest BCUT2D eigenvalue weighted by Crippen LogP contribution is -2.41. The highest BCUT2D eigenvalue weighted by Gasteiger charge is 2.32. The predicted octanol–water partition coefficient (Wildman–Crippen LogP) is 3.85. The molecule has 0 aromatic rings. The summed E-state index contributed by atoms with van der Waals surface area (Å²) in [6.45, 7) is 9.06. The van der Waals surface area contributed by atoms with Crippen molar-refractivity contribution >= 4 is 0 Å². The van der Waals surface area contributed by atoms with Crippen LogP contribution >= 0.6 is 0 Å². The Bertz CT molecular complexity index is 207. The Kier molecular flexibility index (Phi) is 7.92. The molecule has 4 atom stereocenters. The van der Waals surface area contributed by atoms with E-state index < -0.39 is 0 Å². The molecule has 0 heterocycles. The van der Waals surface area contributed by atoms with Crippen molar-refractivity contribution in [3.05, 3.63) is 0 Å². The van der Waals surface area contributed by atoms with Crippen LogP contribution in [0.4, 0.5) is 0 Å². The van der Waals surface area contributed by atoms with Gasteiger partial charge in [-0.3, -0.25) is 0 Å². The van der Waals surface area contributed by atoms with E-state index in [1.54, 1.807) is 0 Å². The Morgan fingerprint density at radius 2 is 2.06 bits per heavy atom. The molecule has 0 aliphatic heterocycles. The molecule has 4 unspecified atom stereocenters. The summed E-state index contributed by atoms with van der Waals surface area (Å²) in [7, 11) is 1.81. The molecule has 108 valence electrons. The molecule has 1 saturated carbocycles. The van der Waals surface area contributed by atoms with Gasteiger partial charge < -0.3 is 10.1 Å². The maximum atomic E-state index is 5.24. The molecule has 1 aliphatic carbocycles. The van der Waals surface area contributed by atoms with Gasteiger partial charge in [-0.15, -0.1) is 0 Å². The van der Waals surface area contributed by atoms with Gasteiger partial charge in [0.05, 0.1) is 0 Å². The standard InChI is InChI=1S/C16H33NO/c1-5-10-17-16(13(3)9-11-18-4)15-8-7-14(6-2)12-15/h13-17H,5-12H2,1-4H3. The number of hydrogen-bond acceptors (Lipinski definition) is 2. The molecule has 0 saturated heterocycles. The summed E-state index contributed by atoms with van der Waals surface area (Å²) >= 11 is 0. The van der Waals surface area contributed by atoms with E-state index >= 15 is 0 Å². The first-order valence-corrected chi connectivity index (χ1v) is 7.95. The maximum absolute atomic E-state index is 5.24. The van der Waals surface area contributed by atoms with Crippen LogP contribution in [-0.4, -0.2) is 26.3 Å². The Labute approximate surface area is 114 Å². The third-order valence-corrected chi connectivity index (χ3v) is 4.69. The Hall–Kier alpha value is -0.0800. The molecule has 0 amide bonds. The minimum Gasteiger partial charge on any atom is -0.385 e. The highest BCUT2D eigenvalue weighted by molar-refractivity contribution is 4.87. The first kappa shape index (κ1) is 16.0. The average Bonchev–Trinajstić information content (AvgIpc) is 2.85. The van der Waals surface area contributed by atoms with Gasteiger partial charge in [0.15, 0.2) is 0 Å².